The number of piperidine rings is 1. The number of hydrogen-bond acceptors (Lipinski definition) is 6. The second-order valence-electron chi connectivity index (χ2n) is 11.4. The van der Waals surface area contributed by atoms with Crippen molar-refractivity contribution in [2.24, 2.45) is 0 Å². The van der Waals surface area contributed by atoms with Gasteiger partial charge in [-0.05, 0) is 61.4 Å². The Balaban J connectivity index is 1.32. The number of nitrogens with zero attached hydrogens (tertiary/aromatic N) is 5. The third-order valence-corrected chi connectivity index (χ3v) is 9.72. The fourth-order valence-corrected chi connectivity index (χ4v) is 6.80. The maximum Gasteiger partial charge on any atom is 0.243 e. The third-order valence-electron chi connectivity index (χ3n) is 7.81. The first-order valence-corrected chi connectivity index (χ1v) is 14.9. The highest BCUT2D eigenvalue weighted by Gasteiger charge is 2.32. The van der Waals surface area contributed by atoms with Gasteiger partial charge in [0, 0.05) is 44.7 Å². The highest BCUT2D eigenvalue weighted by Crippen LogP contribution is 2.30. The molecule has 2 saturated heterocycles. The quantitative estimate of drug-likeness (QED) is 0.471. The molecule has 3 aromatic rings. The maximum absolute atomic E-state index is 13.3. The van der Waals surface area contributed by atoms with Gasteiger partial charge in [-0.25, -0.2) is 18.4 Å². The molecule has 0 aliphatic carbocycles. The number of sulfonamides is 1. The van der Waals surface area contributed by atoms with E-state index < -0.39 is 10.0 Å². The molecule has 2 aliphatic rings. The first-order valence-electron chi connectivity index (χ1n) is 13.5. The standard InChI is InChI=1S/C29H39N5O2S/c1-22(27-30-26-11-7-6-10-25(26)28(31-27)33-16-8-5-9-17-33)32-18-20-34(21-19-32)37(35,36)24-14-12-23(13-15-24)29(2,3)4/h6-7,10-15,22H,5,8-9,16-21H2,1-4H3/t22-/m0/s1. The van der Waals surface area contributed by atoms with Gasteiger partial charge in [0.05, 0.1) is 16.5 Å². The molecule has 0 amide bonds. The summed E-state index contributed by atoms with van der Waals surface area (Å²) in [6, 6.07) is 15.6. The monoisotopic (exact) mass is 521 g/mol. The summed E-state index contributed by atoms with van der Waals surface area (Å²) in [7, 11) is -3.52. The van der Waals surface area contributed by atoms with Crippen LogP contribution in [-0.4, -0.2) is 66.9 Å². The van der Waals surface area contributed by atoms with Gasteiger partial charge in [0.15, 0.2) is 0 Å². The van der Waals surface area contributed by atoms with Crippen LogP contribution in [0.2, 0.25) is 0 Å². The first-order chi connectivity index (χ1) is 17.6. The molecule has 1 aromatic heterocycles. The Labute approximate surface area is 221 Å². The smallest absolute Gasteiger partial charge is 0.243 e. The van der Waals surface area contributed by atoms with Crippen LogP contribution in [0.5, 0.6) is 0 Å². The van der Waals surface area contributed by atoms with Crippen LogP contribution < -0.4 is 4.90 Å². The molecule has 0 unspecified atom stereocenters. The highest BCUT2D eigenvalue weighted by atomic mass is 32.2. The number of para-hydroxylation sites is 1. The number of piperazine rings is 1. The molecule has 2 aromatic carbocycles. The maximum atomic E-state index is 13.3. The lowest BCUT2D eigenvalue weighted by atomic mass is 9.87. The molecule has 0 bridgehead atoms. The van der Waals surface area contributed by atoms with Crippen LogP contribution in [0.25, 0.3) is 10.9 Å². The molecule has 198 valence electrons. The van der Waals surface area contributed by atoms with Crippen LogP contribution in [0, 0.1) is 0 Å². The molecule has 5 rings (SSSR count). The molecule has 8 heteroatoms. The summed E-state index contributed by atoms with van der Waals surface area (Å²) in [4.78, 5) is 15.1. The van der Waals surface area contributed by atoms with E-state index in [4.69, 9.17) is 9.97 Å². The minimum absolute atomic E-state index is 0.00377. The van der Waals surface area contributed by atoms with Crippen LogP contribution in [0.15, 0.2) is 53.4 Å². The second-order valence-corrected chi connectivity index (χ2v) is 13.3. The number of anilines is 1. The van der Waals surface area contributed by atoms with E-state index in [9.17, 15) is 8.42 Å². The Morgan fingerprint density at radius 2 is 1.46 bits per heavy atom. The Hall–Kier alpha value is -2.55. The molecule has 0 saturated carbocycles. The molecule has 37 heavy (non-hydrogen) atoms. The van der Waals surface area contributed by atoms with Crippen molar-refractivity contribution < 1.29 is 8.42 Å². The van der Waals surface area contributed by atoms with Gasteiger partial charge in [0.2, 0.25) is 10.0 Å². The van der Waals surface area contributed by atoms with Gasteiger partial charge in [-0.1, -0.05) is 45.0 Å². The molecule has 0 spiro atoms. The van der Waals surface area contributed by atoms with E-state index in [1.54, 1.807) is 16.4 Å². The third kappa shape index (κ3) is 5.38. The Bertz CT molecular complexity index is 1340. The molecule has 2 aliphatic heterocycles. The minimum Gasteiger partial charge on any atom is -0.356 e. The highest BCUT2D eigenvalue weighted by molar-refractivity contribution is 7.89. The van der Waals surface area contributed by atoms with Crippen LogP contribution in [0.3, 0.4) is 0 Å². The van der Waals surface area contributed by atoms with E-state index in [0.717, 1.165) is 41.2 Å². The van der Waals surface area contributed by atoms with Gasteiger partial charge in [-0.3, -0.25) is 4.90 Å². The largest absolute Gasteiger partial charge is 0.356 e. The van der Waals surface area contributed by atoms with Gasteiger partial charge in [-0.2, -0.15) is 4.31 Å². The van der Waals surface area contributed by atoms with E-state index in [1.807, 2.05) is 18.2 Å². The summed E-state index contributed by atoms with van der Waals surface area (Å²) in [5.74, 6) is 1.85. The minimum atomic E-state index is -3.52. The van der Waals surface area contributed by atoms with Crippen molar-refractivity contribution in [1.29, 1.82) is 0 Å². The summed E-state index contributed by atoms with van der Waals surface area (Å²) < 4.78 is 28.3. The average Bonchev–Trinajstić information content (AvgIpc) is 2.92. The van der Waals surface area contributed by atoms with Gasteiger partial charge in [-0.15, -0.1) is 0 Å². The van der Waals surface area contributed by atoms with Gasteiger partial charge in [0.1, 0.15) is 11.6 Å². The molecule has 2 fully saturated rings. The van der Waals surface area contributed by atoms with Crippen LogP contribution >= 0.6 is 0 Å². The van der Waals surface area contributed by atoms with E-state index in [0.29, 0.717) is 31.1 Å². The lowest BCUT2D eigenvalue weighted by Crippen LogP contribution is -2.49. The Kier molecular flexibility index (Phi) is 7.27. The number of benzene rings is 2. The summed E-state index contributed by atoms with van der Waals surface area (Å²) in [5.41, 5.74) is 2.09. The zero-order valence-electron chi connectivity index (χ0n) is 22.5. The summed E-state index contributed by atoms with van der Waals surface area (Å²) >= 11 is 0. The lowest BCUT2D eigenvalue weighted by Gasteiger charge is -2.37. The summed E-state index contributed by atoms with van der Waals surface area (Å²) in [5, 5.41) is 1.11. The summed E-state index contributed by atoms with van der Waals surface area (Å²) in [6.07, 6.45) is 3.66. The first kappa shape index (κ1) is 26.1. The van der Waals surface area contributed by atoms with Crippen molar-refractivity contribution in [3.8, 4) is 0 Å². The van der Waals surface area contributed by atoms with Crippen molar-refractivity contribution >= 4 is 26.7 Å². The van der Waals surface area contributed by atoms with E-state index >= 15 is 0 Å². The van der Waals surface area contributed by atoms with Gasteiger partial charge >= 0.3 is 0 Å². The topological polar surface area (TPSA) is 69.6 Å². The molecular formula is C29H39N5O2S. The van der Waals surface area contributed by atoms with Crippen molar-refractivity contribution in [3.63, 3.8) is 0 Å². The van der Waals surface area contributed by atoms with Crippen LogP contribution in [0.1, 0.15) is 64.4 Å². The molecule has 3 heterocycles. The van der Waals surface area contributed by atoms with E-state index in [-0.39, 0.29) is 11.5 Å². The number of hydrogen-bond donors (Lipinski definition) is 0. The zero-order chi connectivity index (χ0) is 26.2. The predicted molar refractivity (Wildman–Crippen MR) is 149 cm³/mol. The average molecular weight is 522 g/mol. The SMILES string of the molecule is C[C@@H](c1nc(N2CCCCC2)c2ccccc2n1)N1CCN(S(=O)(=O)c2ccc(C(C)(C)C)cc2)CC1. The zero-order valence-corrected chi connectivity index (χ0v) is 23.3. The number of fused-ring (bicyclic) bond motifs is 1. The normalized spacial score (nSPS) is 19.3. The lowest BCUT2D eigenvalue weighted by molar-refractivity contribution is 0.141. The summed E-state index contributed by atoms with van der Waals surface area (Å²) in [6.45, 7) is 12.8. The number of aromatic nitrogens is 2. The van der Waals surface area contributed by atoms with Gasteiger partial charge in [0.25, 0.3) is 0 Å². The van der Waals surface area contributed by atoms with Crippen LogP contribution in [-0.2, 0) is 15.4 Å². The van der Waals surface area contributed by atoms with E-state index in [1.165, 1.54) is 19.3 Å². The molecule has 7 nitrogen and oxygen atoms in total. The molecule has 1 atom stereocenters. The Morgan fingerprint density at radius 3 is 2.11 bits per heavy atom. The second kappa shape index (κ2) is 10.3. The van der Waals surface area contributed by atoms with Crippen molar-refractivity contribution in [2.45, 2.75) is 63.3 Å². The molecular weight excluding hydrogens is 482 g/mol. The van der Waals surface area contributed by atoms with E-state index in [2.05, 4.69) is 55.7 Å². The van der Waals surface area contributed by atoms with Gasteiger partial charge < -0.3 is 4.90 Å². The van der Waals surface area contributed by atoms with Crippen molar-refractivity contribution in [2.75, 3.05) is 44.2 Å². The number of rotatable bonds is 5. The predicted octanol–water partition coefficient (Wildman–Crippen LogP) is 4.99. The molecule has 0 N–H and O–H groups in total. The van der Waals surface area contributed by atoms with Crippen molar-refractivity contribution in [3.05, 3.63) is 59.9 Å². The van der Waals surface area contributed by atoms with Crippen LogP contribution in [0.4, 0.5) is 5.82 Å². The molecule has 0 radical (unpaired) electrons. The Morgan fingerprint density at radius 1 is 0.811 bits per heavy atom. The van der Waals surface area contributed by atoms with Crippen molar-refractivity contribution in [1.82, 2.24) is 19.2 Å². The fourth-order valence-electron chi connectivity index (χ4n) is 5.38. The fraction of sp³-hybridized carbons (Fsp3) is 0.517.